The van der Waals surface area contributed by atoms with Crippen molar-refractivity contribution in [2.75, 3.05) is 0 Å². The van der Waals surface area contributed by atoms with E-state index in [0.29, 0.717) is 11.7 Å². The Balaban J connectivity index is 1.97. The Kier molecular flexibility index (Phi) is 1.97. The predicted octanol–water partition coefficient (Wildman–Crippen LogP) is 3.34. The zero-order chi connectivity index (χ0) is 12.8. The Morgan fingerprint density at radius 3 is 2.89 bits per heavy atom. The first-order valence-electron chi connectivity index (χ1n) is 5.87. The van der Waals surface area contributed by atoms with E-state index in [4.69, 9.17) is 8.83 Å². The maximum Gasteiger partial charge on any atom is 0.319 e. The molecule has 0 saturated carbocycles. The smallest absolute Gasteiger partial charge is 0.319 e. The van der Waals surface area contributed by atoms with E-state index in [1.807, 2.05) is 24.3 Å². The third-order valence-corrected chi connectivity index (χ3v) is 3.02. The maximum absolute atomic E-state index is 5.66. The molecule has 0 amide bonds. The lowest BCUT2D eigenvalue weighted by atomic mass is 10.1. The molecule has 0 fully saturated rings. The molecule has 0 aliphatic rings. The summed E-state index contributed by atoms with van der Waals surface area (Å²) in [5.41, 5.74) is 3.34. The highest BCUT2D eigenvalue weighted by Crippen LogP contribution is 2.31. The fourth-order valence-corrected chi connectivity index (χ4v) is 2.17. The number of fused-ring (bicyclic) bond motifs is 3. The Morgan fingerprint density at radius 2 is 2.05 bits per heavy atom. The molecule has 92 valence electrons. The van der Waals surface area contributed by atoms with Crippen LogP contribution in [0.3, 0.4) is 0 Å². The lowest BCUT2D eigenvalue weighted by Crippen LogP contribution is -1.83. The summed E-state index contributed by atoms with van der Waals surface area (Å²) >= 11 is 0. The number of aryl methyl sites for hydroxylation is 1. The van der Waals surface area contributed by atoms with E-state index in [2.05, 4.69) is 15.0 Å². The van der Waals surface area contributed by atoms with Gasteiger partial charge in [-0.25, -0.2) is 15.0 Å². The van der Waals surface area contributed by atoms with Crippen LogP contribution in [0.15, 0.2) is 45.6 Å². The second-order valence-electron chi connectivity index (χ2n) is 4.28. The van der Waals surface area contributed by atoms with Crippen molar-refractivity contribution in [3.63, 3.8) is 0 Å². The third-order valence-electron chi connectivity index (χ3n) is 3.02. The van der Waals surface area contributed by atoms with Gasteiger partial charge in [-0.2, -0.15) is 0 Å². The minimum absolute atomic E-state index is 0.465. The summed E-state index contributed by atoms with van der Waals surface area (Å²) in [6.07, 6.45) is 3.24. The second kappa shape index (κ2) is 3.65. The first-order valence-corrected chi connectivity index (χ1v) is 5.87. The molecule has 4 aromatic rings. The molecule has 3 heterocycles. The molecule has 0 atom stereocenters. The molecule has 0 bridgehead atoms. The third kappa shape index (κ3) is 1.52. The molecule has 0 saturated heterocycles. The average molecular weight is 251 g/mol. The average Bonchev–Trinajstić information content (AvgIpc) is 2.95. The number of nitrogens with zero attached hydrogens (tertiary/aromatic N) is 3. The fraction of sp³-hybridized carbons (Fsp3) is 0.0714. The number of hydrogen-bond donors (Lipinski definition) is 0. The summed E-state index contributed by atoms with van der Waals surface area (Å²) in [6.45, 7) is 1.80. The monoisotopic (exact) mass is 251 g/mol. The number of hydrogen-bond acceptors (Lipinski definition) is 5. The molecule has 5 nitrogen and oxygen atoms in total. The number of oxazole rings is 1. The number of aromatic nitrogens is 3. The van der Waals surface area contributed by atoms with Crippen LogP contribution in [-0.2, 0) is 0 Å². The minimum atomic E-state index is 0.465. The quantitative estimate of drug-likeness (QED) is 0.519. The highest BCUT2D eigenvalue weighted by atomic mass is 16.5. The lowest BCUT2D eigenvalue weighted by molar-refractivity contribution is 0.473. The van der Waals surface area contributed by atoms with Crippen LogP contribution in [0.2, 0.25) is 0 Å². The summed E-state index contributed by atoms with van der Waals surface area (Å²) in [5, 5.41) is 0.949. The molecule has 0 N–H and O–H groups in total. The van der Waals surface area contributed by atoms with Gasteiger partial charge in [0, 0.05) is 18.7 Å². The van der Waals surface area contributed by atoms with E-state index < -0.39 is 0 Å². The normalized spacial score (nSPS) is 11.4. The van der Waals surface area contributed by atoms with Crippen molar-refractivity contribution in [3.05, 3.63) is 42.7 Å². The Labute approximate surface area is 107 Å². The topological polar surface area (TPSA) is 65.0 Å². The lowest BCUT2D eigenvalue weighted by Gasteiger charge is -1.98. The largest absolute Gasteiger partial charge is 0.424 e. The van der Waals surface area contributed by atoms with E-state index in [-0.39, 0.29) is 0 Å². The number of furan rings is 1. The molecular weight excluding hydrogens is 242 g/mol. The van der Waals surface area contributed by atoms with Crippen LogP contribution in [0, 0.1) is 6.92 Å². The Bertz CT molecular complexity index is 878. The number of rotatable bonds is 1. The minimum Gasteiger partial charge on any atom is -0.424 e. The van der Waals surface area contributed by atoms with Crippen molar-refractivity contribution in [1.82, 2.24) is 15.0 Å². The van der Waals surface area contributed by atoms with Crippen molar-refractivity contribution < 1.29 is 8.83 Å². The molecule has 1 aromatic carbocycles. The molecule has 3 aromatic heterocycles. The number of benzene rings is 1. The zero-order valence-electron chi connectivity index (χ0n) is 10.1. The first kappa shape index (κ1) is 10.3. The van der Waals surface area contributed by atoms with Gasteiger partial charge in [-0.3, -0.25) is 0 Å². The first-order chi connectivity index (χ1) is 9.31. The SMILES string of the molecule is Cc1nc2c(o1)oc1cc(-c3ccncn3)ccc12. The van der Waals surface area contributed by atoms with Crippen molar-refractivity contribution >= 4 is 22.3 Å². The molecule has 0 unspecified atom stereocenters. The Hall–Kier alpha value is -2.69. The van der Waals surface area contributed by atoms with Gasteiger partial charge in [0.25, 0.3) is 0 Å². The van der Waals surface area contributed by atoms with E-state index in [1.165, 1.54) is 6.33 Å². The standard InChI is InChI=1S/C14H9N3O2/c1-8-17-13-10-3-2-9(11-4-5-15-7-16-11)6-12(10)19-14(13)18-8/h2-7H,1H3. The molecule has 0 aliphatic heterocycles. The molecule has 5 heteroatoms. The van der Waals surface area contributed by atoms with Crippen LogP contribution in [0.25, 0.3) is 33.5 Å². The summed E-state index contributed by atoms with van der Waals surface area (Å²) in [7, 11) is 0. The summed E-state index contributed by atoms with van der Waals surface area (Å²) < 4.78 is 11.1. The van der Waals surface area contributed by atoms with Crippen LogP contribution in [0.5, 0.6) is 0 Å². The van der Waals surface area contributed by atoms with Crippen molar-refractivity contribution in [1.29, 1.82) is 0 Å². The van der Waals surface area contributed by atoms with Crippen LogP contribution in [-0.4, -0.2) is 15.0 Å². The zero-order valence-corrected chi connectivity index (χ0v) is 10.1. The van der Waals surface area contributed by atoms with Gasteiger partial charge in [0.1, 0.15) is 11.9 Å². The fourth-order valence-electron chi connectivity index (χ4n) is 2.17. The molecule has 0 spiro atoms. The molecular formula is C14H9N3O2. The molecule has 19 heavy (non-hydrogen) atoms. The highest BCUT2D eigenvalue weighted by Gasteiger charge is 2.13. The van der Waals surface area contributed by atoms with Crippen molar-refractivity contribution in [2.45, 2.75) is 6.92 Å². The second-order valence-corrected chi connectivity index (χ2v) is 4.28. The van der Waals surface area contributed by atoms with Crippen LogP contribution in [0.4, 0.5) is 0 Å². The summed E-state index contributed by atoms with van der Waals surface area (Å²) in [5.74, 6) is 1.07. The maximum atomic E-state index is 5.66. The van der Waals surface area contributed by atoms with Crippen molar-refractivity contribution in [3.8, 4) is 11.3 Å². The molecule has 4 rings (SSSR count). The molecule has 0 radical (unpaired) electrons. The van der Waals surface area contributed by atoms with E-state index >= 15 is 0 Å². The van der Waals surface area contributed by atoms with Crippen LogP contribution in [0.1, 0.15) is 5.89 Å². The van der Waals surface area contributed by atoms with Gasteiger partial charge in [0.15, 0.2) is 11.4 Å². The van der Waals surface area contributed by atoms with Gasteiger partial charge >= 0.3 is 5.78 Å². The highest BCUT2D eigenvalue weighted by molar-refractivity contribution is 6.01. The predicted molar refractivity (Wildman–Crippen MR) is 69.5 cm³/mol. The van der Waals surface area contributed by atoms with Crippen molar-refractivity contribution in [2.24, 2.45) is 0 Å². The van der Waals surface area contributed by atoms with Gasteiger partial charge in [-0.05, 0) is 18.2 Å². The van der Waals surface area contributed by atoms with Gasteiger partial charge in [0.05, 0.1) is 11.1 Å². The van der Waals surface area contributed by atoms with E-state index in [1.54, 1.807) is 13.1 Å². The summed E-state index contributed by atoms with van der Waals surface area (Å²) in [4.78, 5) is 12.4. The van der Waals surface area contributed by atoms with Gasteiger partial charge in [-0.1, -0.05) is 6.07 Å². The van der Waals surface area contributed by atoms with Gasteiger partial charge in [0.2, 0.25) is 0 Å². The van der Waals surface area contributed by atoms with E-state index in [0.717, 1.165) is 27.7 Å². The van der Waals surface area contributed by atoms with Gasteiger partial charge < -0.3 is 8.83 Å². The Morgan fingerprint density at radius 1 is 1.11 bits per heavy atom. The molecule has 0 aliphatic carbocycles. The summed E-state index contributed by atoms with van der Waals surface area (Å²) in [6, 6.07) is 7.75. The van der Waals surface area contributed by atoms with E-state index in [9.17, 15) is 0 Å². The van der Waals surface area contributed by atoms with Crippen LogP contribution < -0.4 is 0 Å². The van der Waals surface area contributed by atoms with Crippen LogP contribution >= 0.6 is 0 Å². The van der Waals surface area contributed by atoms with Gasteiger partial charge in [-0.15, -0.1) is 0 Å².